The van der Waals surface area contributed by atoms with Crippen molar-refractivity contribution in [2.45, 2.75) is 18.8 Å². The van der Waals surface area contributed by atoms with E-state index in [2.05, 4.69) is 67.7 Å². The molecule has 0 bridgehead atoms. The standard InChI is InChI=1S/C15H20Si2/c1-16-12-17(2)15-11-7-6-10-14(15)13-8-4-3-5-9-13/h3-11,17H,12,16H2,1-2H3. The van der Waals surface area contributed by atoms with Crippen molar-refractivity contribution in [3.63, 3.8) is 0 Å². The van der Waals surface area contributed by atoms with Gasteiger partial charge in [-0.25, -0.2) is 0 Å². The van der Waals surface area contributed by atoms with Gasteiger partial charge >= 0.3 is 0 Å². The average molecular weight is 256 g/mol. The molecule has 0 amide bonds. The van der Waals surface area contributed by atoms with E-state index in [1.165, 1.54) is 16.8 Å². The molecule has 0 aliphatic rings. The lowest BCUT2D eigenvalue weighted by molar-refractivity contribution is 1.63. The van der Waals surface area contributed by atoms with Crippen LogP contribution in [0.15, 0.2) is 54.6 Å². The highest BCUT2D eigenvalue weighted by atomic mass is 28.3. The molecule has 2 aromatic carbocycles. The van der Waals surface area contributed by atoms with Crippen molar-refractivity contribution < 1.29 is 0 Å². The Bertz CT molecular complexity index is 465. The van der Waals surface area contributed by atoms with E-state index in [4.69, 9.17) is 0 Å². The Balaban J connectivity index is 2.41. The van der Waals surface area contributed by atoms with Crippen LogP contribution in [0.3, 0.4) is 0 Å². The molecule has 0 aromatic heterocycles. The summed E-state index contributed by atoms with van der Waals surface area (Å²) in [5.74, 6) is 0. The van der Waals surface area contributed by atoms with Gasteiger partial charge in [0.2, 0.25) is 0 Å². The summed E-state index contributed by atoms with van der Waals surface area (Å²) in [7, 11) is -0.519. The predicted octanol–water partition coefficient (Wildman–Crippen LogP) is 2.59. The Morgan fingerprint density at radius 2 is 1.59 bits per heavy atom. The Morgan fingerprint density at radius 3 is 2.29 bits per heavy atom. The molecule has 2 rings (SSSR count). The SMILES string of the molecule is C[SiH2]C[SiH](C)c1ccccc1-c1ccccc1. The third-order valence-electron chi connectivity index (χ3n) is 3.30. The van der Waals surface area contributed by atoms with Crippen LogP contribution in [0.1, 0.15) is 0 Å². The zero-order chi connectivity index (χ0) is 12.1. The summed E-state index contributed by atoms with van der Waals surface area (Å²) in [4.78, 5) is 0. The lowest BCUT2D eigenvalue weighted by Gasteiger charge is -2.14. The highest BCUT2D eigenvalue weighted by Crippen LogP contribution is 2.17. The minimum absolute atomic E-state index is 0.189. The Kier molecular flexibility index (Phi) is 4.34. The third-order valence-corrected chi connectivity index (χ3v) is 10.6. The van der Waals surface area contributed by atoms with Gasteiger partial charge in [-0.1, -0.05) is 78.5 Å². The molecule has 0 saturated heterocycles. The van der Waals surface area contributed by atoms with E-state index in [1.54, 1.807) is 5.19 Å². The zero-order valence-corrected chi connectivity index (χ0v) is 13.3. The monoisotopic (exact) mass is 256 g/mol. The first-order chi connectivity index (χ1) is 8.33. The fourth-order valence-electron chi connectivity index (χ4n) is 2.40. The molecule has 1 atom stereocenters. The summed E-state index contributed by atoms with van der Waals surface area (Å²) in [6.07, 6.45) is 0. The van der Waals surface area contributed by atoms with Gasteiger partial charge in [-0.05, 0) is 11.1 Å². The Hall–Kier alpha value is -1.13. The van der Waals surface area contributed by atoms with E-state index in [1.807, 2.05) is 0 Å². The average Bonchev–Trinajstić information content (AvgIpc) is 2.40. The molecule has 0 saturated carbocycles. The molecule has 17 heavy (non-hydrogen) atoms. The molecular formula is C15H20Si2. The van der Waals surface area contributed by atoms with Crippen molar-refractivity contribution >= 4 is 23.5 Å². The third kappa shape index (κ3) is 2.96. The fourth-order valence-corrected chi connectivity index (χ4v) is 8.34. The molecule has 0 fully saturated rings. The van der Waals surface area contributed by atoms with Crippen molar-refractivity contribution in [3.05, 3.63) is 54.6 Å². The lowest BCUT2D eigenvalue weighted by Crippen LogP contribution is -2.29. The second-order valence-corrected chi connectivity index (χ2v) is 10.4. The van der Waals surface area contributed by atoms with Gasteiger partial charge in [0, 0.05) is 9.52 Å². The maximum atomic E-state index is 2.50. The number of benzene rings is 2. The van der Waals surface area contributed by atoms with Crippen LogP contribution >= 0.6 is 0 Å². The number of hydrogen-bond acceptors (Lipinski definition) is 0. The first-order valence-electron chi connectivity index (χ1n) is 6.47. The molecule has 2 aromatic rings. The molecule has 0 N–H and O–H groups in total. The van der Waals surface area contributed by atoms with Gasteiger partial charge < -0.3 is 0 Å². The van der Waals surface area contributed by atoms with Gasteiger partial charge in [-0.3, -0.25) is 0 Å². The minimum Gasteiger partial charge on any atom is -0.0750 e. The van der Waals surface area contributed by atoms with Crippen molar-refractivity contribution in [1.29, 1.82) is 0 Å². The van der Waals surface area contributed by atoms with Crippen molar-refractivity contribution in [3.8, 4) is 11.1 Å². The number of rotatable bonds is 4. The molecular weight excluding hydrogens is 236 g/mol. The lowest BCUT2D eigenvalue weighted by atomic mass is 10.1. The molecule has 2 heteroatoms. The van der Waals surface area contributed by atoms with Crippen LogP contribution in [0.4, 0.5) is 0 Å². The van der Waals surface area contributed by atoms with Crippen LogP contribution in [0.25, 0.3) is 11.1 Å². The molecule has 0 aliphatic heterocycles. The second kappa shape index (κ2) is 5.98. The highest BCUT2D eigenvalue weighted by Gasteiger charge is 2.11. The topological polar surface area (TPSA) is 0 Å². The molecule has 0 heterocycles. The van der Waals surface area contributed by atoms with Crippen LogP contribution in [0.5, 0.6) is 0 Å². The summed E-state index contributed by atoms with van der Waals surface area (Å²) in [6, 6.07) is 19.8. The molecule has 1 unspecified atom stereocenters. The molecule has 0 aliphatic carbocycles. The smallest absolute Gasteiger partial charge is 0.0655 e. The van der Waals surface area contributed by atoms with Gasteiger partial charge in [0.15, 0.2) is 0 Å². The van der Waals surface area contributed by atoms with Crippen LogP contribution in [0.2, 0.25) is 18.8 Å². The molecule has 0 spiro atoms. The minimum atomic E-state index is -0.708. The first kappa shape index (κ1) is 12.3. The number of hydrogen-bond donors (Lipinski definition) is 0. The first-order valence-corrected chi connectivity index (χ1v) is 11.4. The van der Waals surface area contributed by atoms with Crippen molar-refractivity contribution in [1.82, 2.24) is 0 Å². The van der Waals surface area contributed by atoms with E-state index >= 15 is 0 Å². The van der Waals surface area contributed by atoms with Gasteiger partial charge in [0.1, 0.15) is 0 Å². The predicted molar refractivity (Wildman–Crippen MR) is 83.7 cm³/mol. The van der Waals surface area contributed by atoms with E-state index in [9.17, 15) is 0 Å². The van der Waals surface area contributed by atoms with Crippen LogP contribution in [0, 0.1) is 0 Å². The maximum absolute atomic E-state index is 2.50. The Labute approximate surface area is 108 Å². The molecule has 0 radical (unpaired) electrons. The van der Waals surface area contributed by atoms with Crippen LogP contribution < -0.4 is 5.19 Å². The Morgan fingerprint density at radius 1 is 0.941 bits per heavy atom. The van der Waals surface area contributed by atoms with E-state index in [-0.39, 0.29) is 9.52 Å². The van der Waals surface area contributed by atoms with E-state index in [0.29, 0.717) is 0 Å². The van der Waals surface area contributed by atoms with Crippen molar-refractivity contribution in [2.24, 2.45) is 0 Å². The molecule has 88 valence electrons. The summed E-state index contributed by atoms with van der Waals surface area (Å²) in [6.45, 7) is 4.92. The quantitative estimate of drug-likeness (QED) is 0.738. The van der Waals surface area contributed by atoms with Gasteiger partial charge in [-0.15, -0.1) is 0 Å². The van der Waals surface area contributed by atoms with Gasteiger partial charge in [0.05, 0.1) is 8.80 Å². The van der Waals surface area contributed by atoms with Gasteiger partial charge in [-0.2, -0.15) is 0 Å². The van der Waals surface area contributed by atoms with Gasteiger partial charge in [0.25, 0.3) is 0 Å². The summed E-state index contributed by atoms with van der Waals surface area (Å²) < 4.78 is 0. The van der Waals surface area contributed by atoms with Crippen molar-refractivity contribution in [2.75, 3.05) is 0 Å². The van der Waals surface area contributed by atoms with Crippen LogP contribution in [-0.2, 0) is 0 Å². The molecule has 0 nitrogen and oxygen atoms in total. The van der Waals surface area contributed by atoms with E-state index in [0.717, 1.165) is 0 Å². The van der Waals surface area contributed by atoms with E-state index < -0.39 is 8.80 Å². The largest absolute Gasteiger partial charge is 0.0750 e. The maximum Gasteiger partial charge on any atom is 0.0655 e. The zero-order valence-electron chi connectivity index (χ0n) is 10.7. The highest BCUT2D eigenvalue weighted by molar-refractivity contribution is 6.80. The summed E-state index contributed by atoms with van der Waals surface area (Å²) in [5, 5.41) is 1.65. The van der Waals surface area contributed by atoms with Crippen LogP contribution in [-0.4, -0.2) is 18.3 Å². The normalized spacial score (nSPS) is 13.1. The summed E-state index contributed by atoms with van der Waals surface area (Å²) in [5.41, 5.74) is 4.37. The summed E-state index contributed by atoms with van der Waals surface area (Å²) >= 11 is 0. The fraction of sp³-hybridized carbons (Fsp3) is 0.200. The second-order valence-electron chi connectivity index (χ2n) is 4.64.